The molecule has 0 bridgehead atoms. The lowest BCUT2D eigenvalue weighted by molar-refractivity contribution is -0.149. The highest BCUT2D eigenvalue weighted by Gasteiger charge is 2.54. The van der Waals surface area contributed by atoms with Gasteiger partial charge in [0.05, 0.1) is 25.4 Å². The van der Waals surface area contributed by atoms with Crippen molar-refractivity contribution in [1.29, 1.82) is 0 Å². The van der Waals surface area contributed by atoms with Crippen LogP contribution < -0.4 is 17.2 Å². The molecule has 0 heterocycles. The summed E-state index contributed by atoms with van der Waals surface area (Å²) in [5, 5.41) is 9.42. The topological polar surface area (TPSA) is 126 Å². The predicted octanol–water partition coefficient (Wildman–Crippen LogP) is 5.11. The summed E-state index contributed by atoms with van der Waals surface area (Å²) in [6.07, 6.45) is 14.0. The minimum absolute atomic E-state index is 0.208. The van der Waals surface area contributed by atoms with Gasteiger partial charge in [0, 0.05) is 32.9 Å². The first-order chi connectivity index (χ1) is 19.4. The van der Waals surface area contributed by atoms with Gasteiger partial charge >= 0.3 is 0 Å². The Morgan fingerprint density at radius 2 is 1.73 bits per heavy atom. The van der Waals surface area contributed by atoms with Gasteiger partial charge < -0.3 is 36.5 Å². The van der Waals surface area contributed by atoms with Crippen LogP contribution in [0.3, 0.4) is 0 Å². The normalized spacial score (nSPS) is 32.4. The van der Waals surface area contributed by atoms with Crippen LogP contribution in [0.2, 0.25) is 0 Å². The van der Waals surface area contributed by atoms with Gasteiger partial charge in [0.2, 0.25) is 0 Å². The highest BCUT2D eigenvalue weighted by molar-refractivity contribution is 5.03. The van der Waals surface area contributed by atoms with Crippen LogP contribution >= 0.6 is 0 Å². The lowest BCUT2D eigenvalue weighted by atomic mass is 9.50. The molecule has 2 aliphatic carbocycles. The number of nitrogens with two attached hydrogens (primary N) is 3. The monoisotopic (exact) mass is 570 g/mol. The Morgan fingerprint density at radius 3 is 2.38 bits per heavy atom. The summed E-state index contributed by atoms with van der Waals surface area (Å²) in [6, 6.07) is 0. The van der Waals surface area contributed by atoms with Crippen LogP contribution in [-0.4, -0.2) is 70.0 Å². The fourth-order valence-corrected chi connectivity index (χ4v) is 8.49. The molecule has 7 N–H and O–H groups in total. The molecule has 7 heteroatoms. The quantitative estimate of drug-likeness (QED) is 0.133. The maximum absolute atomic E-state index is 9.42. The van der Waals surface area contributed by atoms with E-state index < -0.39 is 0 Å². The zero-order valence-electron chi connectivity index (χ0n) is 26.7. The molecule has 2 aliphatic rings. The molecule has 4 unspecified atom stereocenters. The van der Waals surface area contributed by atoms with Crippen LogP contribution in [0.4, 0.5) is 0 Å². The van der Waals surface area contributed by atoms with E-state index in [4.69, 9.17) is 31.4 Å². The maximum Gasteiger partial charge on any atom is 0.0611 e. The van der Waals surface area contributed by atoms with Gasteiger partial charge in [-0.2, -0.15) is 0 Å². The number of hydrogen-bond donors (Lipinski definition) is 4. The molecule has 0 aromatic heterocycles. The van der Waals surface area contributed by atoms with Gasteiger partial charge in [-0.15, -0.1) is 0 Å². The second-order valence-electron chi connectivity index (χ2n) is 13.2. The fraction of sp³-hybridized carbons (Fsp3) is 1.00. The minimum atomic E-state index is 0.208. The van der Waals surface area contributed by atoms with Crippen LogP contribution in [0.1, 0.15) is 105 Å². The van der Waals surface area contributed by atoms with Crippen molar-refractivity contribution in [2.75, 3.05) is 52.7 Å². The zero-order valence-corrected chi connectivity index (χ0v) is 26.7. The molecule has 2 fully saturated rings. The van der Waals surface area contributed by atoms with Crippen molar-refractivity contribution in [3.8, 4) is 0 Å². The maximum atomic E-state index is 9.42. The molecule has 2 saturated carbocycles. The van der Waals surface area contributed by atoms with E-state index in [1.165, 1.54) is 32.1 Å². The van der Waals surface area contributed by atoms with Gasteiger partial charge in [0.15, 0.2) is 0 Å². The van der Waals surface area contributed by atoms with Crippen molar-refractivity contribution in [3.63, 3.8) is 0 Å². The molecule has 0 saturated heterocycles. The Labute approximate surface area is 247 Å². The Kier molecular flexibility index (Phi) is 17.8. The first kappa shape index (κ1) is 35.9. The van der Waals surface area contributed by atoms with Crippen LogP contribution in [0.25, 0.3) is 0 Å². The van der Waals surface area contributed by atoms with Crippen LogP contribution in [0, 0.1) is 40.9 Å². The third-order valence-electron chi connectivity index (χ3n) is 10.7. The molecule has 7 nitrogen and oxygen atoms in total. The van der Waals surface area contributed by atoms with Crippen molar-refractivity contribution in [2.24, 2.45) is 58.1 Å². The fourth-order valence-electron chi connectivity index (χ4n) is 8.49. The molecule has 238 valence electrons. The van der Waals surface area contributed by atoms with Gasteiger partial charge in [-0.1, -0.05) is 34.1 Å². The SMILES string of the molecule is CCC[C@@]1(C)C(CCOCCN)C[C@@H](OCCCN)C([C@@H]2CCC(C(C)CCCO)C2)[C@@H]1C[C@@H](CC)OCCN. The van der Waals surface area contributed by atoms with Crippen molar-refractivity contribution >= 4 is 0 Å². The largest absolute Gasteiger partial charge is 0.396 e. The average Bonchev–Trinajstić information content (AvgIpc) is 3.44. The predicted molar refractivity (Wildman–Crippen MR) is 166 cm³/mol. The van der Waals surface area contributed by atoms with E-state index in [2.05, 4.69) is 27.7 Å². The summed E-state index contributed by atoms with van der Waals surface area (Å²) < 4.78 is 19.1. The number of hydrogen-bond acceptors (Lipinski definition) is 7. The zero-order chi connectivity index (χ0) is 29.4. The van der Waals surface area contributed by atoms with Crippen LogP contribution in [-0.2, 0) is 14.2 Å². The molecule has 0 aliphatic heterocycles. The summed E-state index contributed by atoms with van der Waals surface area (Å²) in [5.41, 5.74) is 17.7. The first-order valence-corrected chi connectivity index (χ1v) is 16.9. The molecule has 0 amide bonds. The second-order valence-corrected chi connectivity index (χ2v) is 13.2. The number of ether oxygens (including phenoxy) is 3. The van der Waals surface area contributed by atoms with Crippen molar-refractivity contribution < 1.29 is 19.3 Å². The van der Waals surface area contributed by atoms with Gasteiger partial charge in [-0.25, -0.2) is 0 Å². The van der Waals surface area contributed by atoms with E-state index >= 15 is 0 Å². The van der Waals surface area contributed by atoms with E-state index in [-0.39, 0.29) is 17.6 Å². The van der Waals surface area contributed by atoms with Crippen LogP contribution in [0.5, 0.6) is 0 Å². The molecular formula is C33H67N3O4. The molecular weight excluding hydrogens is 502 g/mol. The lowest BCUT2D eigenvalue weighted by Crippen LogP contribution is -2.54. The molecule has 0 spiro atoms. The highest BCUT2D eigenvalue weighted by Crippen LogP contribution is 2.59. The third-order valence-corrected chi connectivity index (χ3v) is 10.7. The summed E-state index contributed by atoms with van der Waals surface area (Å²) in [6.45, 7) is 14.5. The van der Waals surface area contributed by atoms with Gasteiger partial charge in [0.1, 0.15) is 0 Å². The summed E-state index contributed by atoms with van der Waals surface area (Å²) in [7, 11) is 0. The van der Waals surface area contributed by atoms with Crippen molar-refractivity contribution in [2.45, 2.75) is 117 Å². The smallest absolute Gasteiger partial charge is 0.0611 e. The summed E-state index contributed by atoms with van der Waals surface area (Å²) in [5.74, 6) is 3.69. The average molecular weight is 570 g/mol. The van der Waals surface area contributed by atoms with E-state index in [9.17, 15) is 5.11 Å². The molecule has 0 radical (unpaired) electrons. The number of aliphatic hydroxyl groups is 1. The van der Waals surface area contributed by atoms with E-state index in [0.29, 0.717) is 69.0 Å². The summed E-state index contributed by atoms with van der Waals surface area (Å²) in [4.78, 5) is 0. The third kappa shape index (κ3) is 10.5. The number of rotatable bonds is 22. The molecule has 40 heavy (non-hydrogen) atoms. The Balaban J connectivity index is 2.43. The Morgan fingerprint density at radius 1 is 0.950 bits per heavy atom. The standard InChI is InChI=1S/C33H67N3O4/c1-5-13-33(4)28(12-19-38-20-15-35)23-31(40-18-8-14-34)32(30(33)24-29(6-2)39-21-16-36)27-11-10-26(22-27)25(3)9-7-17-37/h25-32,37H,5-24,34-36H2,1-4H3/t25?,26?,27-,28?,29-,30+,31-,32?,33+/m1/s1. The Hall–Kier alpha value is -0.280. The molecule has 0 aromatic rings. The van der Waals surface area contributed by atoms with Gasteiger partial charge in [-0.05, 0) is 118 Å². The van der Waals surface area contributed by atoms with Crippen LogP contribution in [0.15, 0.2) is 0 Å². The van der Waals surface area contributed by atoms with E-state index in [0.717, 1.165) is 64.1 Å². The van der Waals surface area contributed by atoms with Gasteiger partial charge in [-0.3, -0.25) is 0 Å². The Bertz CT molecular complexity index is 641. The van der Waals surface area contributed by atoms with Crippen molar-refractivity contribution in [3.05, 3.63) is 0 Å². The highest BCUT2D eigenvalue weighted by atomic mass is 16.5. The van der Waals surface area contributed by atoms with Gasteiger partial charge in [0.25, 0.3) is 0 Å². The molecule has 9 atom stereocenters. The second kappa shape index (κ2) is 19.8. The summed E-state index contributed by atoms with van der Waals surface area (Å²) >= 11 is 0. The molecule has 0 aromatic carbocycles. The molecule has 2 rings (SSSR count). The van der Waals surface area contributed by atoms with E-state index in [1.54, 1.807) is 0 Å². The lowest BCUT2D eigenvalue weighted by Gasteiger charge is -2.57. The number of aliphatic hydroxyl groups excluding tert-OH is 1. The minimum Gasteiger partial charge on any atom is -0.396 e. The first-order valence-electron chi connectivity index (χ1n) is 16.9. The van der Waals surface area contributed by atoms with Crippen molar-refractivity contribution in [1.82, 2.24) is 0 Å². The van der Waals surface area contributed by atoms with E-state index in [1.807, 2.05) is 0 Å².